The van der Waals surface area contributed by atoms with Crippen LogP contribution in [-0.2, 0) is 0 Å². The predicted octanol–water partition coefficient (Wildman–Crippen LogP) is 3.95. The van der Waals surface area contributed by atoms with E-state index < -0.39 is 17.9 Å². The minimum Gasteiger partial charge on any atom is -0.406 e. The highest BCUT2D eigenvalue weighted by Crippen LogP contribution is 2.40. The molecule has 4 rings (SSSR count). The van der Waals surface area contributed by atoms with Gasteiger partial charge in [-0.3, -0.25) is 9.69 Å². The average molecular weight is 460 g/mol. The number of alkyl halides is 3. The number of benzene rings is 2. The van der Waals surface area contributed by atoms with E-state index in [9.17, 15) is 18.0 Å². The fraction of sp³-hybridized carbons (Fsp3) is 0.318. The average Bonchev–Trinajstić information content (AvgIpc) is 2.74. The first-order chi connectivity index (χ1) is 15.7. The van der Waals surface area contributed by atoms with Crippen molar-refractivity contribution in [2.75, 3.05) is 10.2 Å². The highest BCUT2D eigenvalue weighted by atomic mass is 19.4. The van der Waals surface area contributed by atoms with E-state index in [0.717, 1.165) is 31.4 Å². The van der Waals surface area contributed by atoms with Crippen molar-refractivity contribution in [3.63, 3.8) is 0 Å². The molecule has 11 heteroatoms. The standard InChI is InChI=1S/C22H23F3N6O2/c23-22(24,25)33-15-10-8-14(9-11-15)28-18(32)16-6-2-3-7-17(16)31-20(27)29-19(26)30-21(31)12-4-1-5-13-21/h2-3,6-11H,1,4-5,12-13H2,(H,28,32)(H4,26,27,29,30). The van der Waals surface area contributed by atoms with Crippen LogP contribution in [0.3, 0.4) is 0 Å². The van der Waals surface area contributed by atoms with Crippen LogP contribution in [0.5, 0.6) is 5.75 Å². The molecule has 1 spiro atoms. The molecule has 0 aromatic heterocycles. The minimum absolute atomic E-state index is 0.105. The fourth-order valence-electron chi connectivity index (χ4n) is 4.27. The van der Waals surface area contributed by atoms with Crippen LogP contribution in [0.4, 0.5) is 24.5 Å². The molecule has 33 heavy (non-hydrogen) atoms. The first kappa shape index (κ1) is 22.4. The van der Waals surface area contributed by atoms with Gasteiger partial charge in [-0.15, -0.1) is 13.2 Å². The molecular formula is C22H23F3N6O2. The van der Waals surface area contributed by atoms with Crippen molar-refractivity contribution >= 4 is 29.2 Å². The molecule has 0 unspecified atom stereocenters. The lowest BCUT2D eigenvalue weighted by atomic mass is 9.87. The fourth-order valence-corrected chi connectivity index (χ4v) is 4.27. The quantitative estimate of drug-likeness (QED) is 0.639. The van der Waals surface area contributed by atoms with Gasteiger partial charge in [0.15, 0.2) is 0 Å². The maximum absolute atomic E-state index is 13.1. The van der Waals surface area contributed by atoms with Gasteiger partial charge in [0, 0.05) is 5.69 Å². The first-order valence-electron chi connectivity index (χ1n) is 10.4. The van der Waals surface area contributed by atoms with Gasteiger partial charge in [-0.05, 0) is 62.1 Å². The summed E-state index contributed by atoms with van der Waals surface area (Å²) in [5, 5.41) is 2.70. The lowest BCUT2D eigenvalue weighted by Gasteiger charge is -2.46. The van der Waals surface area contributed by atoms with Crippen LogP contribution in [0, 0.1) is 0 Å². The lowest BCUT2D eigenvalue weighted by Crippen LogP contribution is -2.58. The number of carbonyl (C=O) groups is 1. The van der Waals surface area contributed by atoms with Crippen LogP contribution in [0.1, 0.15) is 42.5 Å². The molecule has 0 atom stereocenters. The van der Waals surface area contributed by atoms with Crippen LogP contribution in [0.2, 0.25) is 0 Å². The maximum Gasteiger partial charge on any atom is 0.573 e. The molecule has 0 saturated heterocycles. The largest absolute Gasteiger partial charge is 0.573 e. The third-order valence-corrected chi connectivity index (χ3v) is 5.59. The number of halogens is 3. The second-order valence-electron chi connectivity index (χ2n) is 7.86. The van der Waals surface area contributed by atoms with Crippen molar-refractivity contribution < 1.29 is 22.7 Å². The number of rotatable bonds is 4. The van der Waals surface area contributed by atoms with E-state index in [0.29, 0.717) is 29.8 Å². The molecule has 5 N–H and O–H groups in total. The molecule has 174 valence electrons. The number of nitrogens with zero attached hydrogens (tertiary/aromatic N) is 3. The number of amides is 1. The molecule has 0 radical (unpaired) electrons. The molecule has 8 nitrogen and oxygen atoms in total. The SMILES string of the molecule is NC1=NC2(CCCCC2)N(c2ccccc2C(=O)Nc2ccc(OC(F)(F)F)cc2)C(N)=N1. The van der Waals surface area contributed by atoms with Gasteiger partial charge in [0.2, 0.25) is 11.9 Å². The molecule has 1 heterocycles. The Kier molecular flexibility index (Phi) is 5.88. The number of para-hydroxylation sites is 1. The van der Waals surface area contributed by atoms with Gasteiger partial charge in [0.05, 0.1) is 11.3 Å². The summed E-state index contributed by atoms with van der Waals surface area (Å²) in [6.45, 7) is 0. The van der Waals surface area contributed by atoms with E-state index in [1.165, 1.54) is 12.1 Å². The number of nitrogens with one attached hydrogen (secondary N) is 1. The molecule has 1 saturated carbocycles. The number of anilines is 2. The van der Waals surface area contributed by atoms with Crippen molar-refractivity contribution in [1.29, 1.82) is 0 Å². The van der Waals surface area contributed by atoms with Crippen LogP contribution >= 0.6 is 0 Å². The van der Waals surface area contributed by atoms with Crippen LogP contribution in [0.25, 0.3) is 0 Å². The van der Waals surface area contributed by atoms with Gasteiger partial charge < -0.3 is 21.5 Å². The van der Waals surface area contributed by atoms with E-state index in [1.54, 1.807) is 29.2 Å². The number of carbonyl (C=O) groups excluding carboxylic acids is 1. The maximum atomic E-state index is 13.1. The Balaban J connectivity index is 1.62. The van der Waals surface area contributed by atoms with Crippen LogP contribution in [0.15, 0.2) is 58.5 Å². The minimum atomic E-state index is -4.79. The van der Waals surface area contributed by atoms with Crippen LogP contribution in [-0.4, -0.2) is 29.9 Å². The summed E-state index contributed by atoms with van der Waals surface area (Å²) < 4.78 is 41.0. The normalized spacial score (nSPS) is 17.8. The Hall–Kier alpha value is -3.76. The third-order valence-electron chi connectivity index (χ3n) is 5.59. The van der Waals surface area contributed by atoms with Crippen LogP contribution < -0.4 is 26.4 Å². The zero-order chi connectivity index (χ0) is 23.6. The number of hydrogen-bond acceptors (Lipinski definition) is 7. The van der Waals surface area contributed by atoms with Crippen molar-refractivity contribution in [2.45, 2.75) is 44.1 Å². The zero-order valence-electron chi connectivity index (χ0n) is 17.6. The topological polar surface area (TPSA) is 118 Å². The van der Waals surface area contributed by atoms with Crippen molar-refractivity contribution in [3.8, 4) is 5.75 Å². The molecule has 2 aromatic carbocycles. The van der Waals surface area contributed by atoms with E-state index in [4.69, 9.17) is 11.5 Å². The summed E-state index contributed by atoms with van der Waals surface area (Å²) in [7, 11) is 0. The van der Waals surface area contributed by atoms with Gasteiger partial charge >= 0.3 is 6.36 Å². The number of nitrogens with two attached hydrogens (primary N) is 2. The van der Waals surface area contributed by atoms with Gasteiger partial charge in [-0.25, -0.2) is 4.99 Å². The number of hydrogen-bond donors (Lipinski definition) is 3. The highest BCUT2D eigenvalue weighted by Gasteiger charge is 2.43. The van der Waals surface area contributed by atoms with E-state index in [2.05, 4.69) is 20.0 Å². The smallest absolute Gasteiger partial charge is 0.406 e. The van der Waals surface area contributed by atoms with E-state index in [1.807, 2.05) is 0 Å². The molecule has 1 aliphatic heterocycles. The van der Waals surface area contributed by atoms with E-state index in [-0.39, 0.29) is 17.7 Å². The first-order valence-corrected chi connectivity index (χ1v) is 10.4. The molecule has 0 bridgehead atoms. The second-order valence-corrected chi connectivity index (χ2v) is 7.86. The predicted molar refractivity (Wildman–Crippen MR) is 119 cm³/mol. The summed E-state index contributed by atoms with van der Waals surface area (Å²) in [5.41, 5.74) is 12.6. The monoisotopic (exact) mass is 460 g/mol. The molecule has 1 fully saturated rings. The molecule has 2 aromatic rings. The summed E-state index contributed by atoms with van der Waals surface area (Å²) in [4.78, 5) is 23.6. The third kappa shape index (κ3) is 4.86. The number of ether oxygens (including phenoxy) is 1. The van der Waals surface area contributed by atoms with Gasteiger partial charge in [0.25, 0.3) is 5.91 Å². The van der Waals surface area contributed by atoms with Crippen molar-refractivity contribution in [1.82, 2.24) is 0 Å². The summed E-state index contributed by atoms with van der Waals surface area (Å²) in [6.07, 6.45) is -0.442. The lowest BCUT2D eigenvalue weighted by molar-refractivity contribution is -0.274. The Morgan fingerprint density at radius 1 is 1.03 bits per heavy atom. The Morgan fingerprint density at radius 3 is 2.36 bits per heavy atom. The summed E-state index contributed by atoms with van der Waals surface area (Å²) in [6, 6.07) is 11.8. The molecule has 1 amide bonds. The molecule has 2 aliphatic rings. The molecular weight excluding hydrogens is 437 g/mol. The highest BCUT2D eigenvalue weighted by molar-refractivity contribution is 6.13. The Morgan fingerprint density at radius 2 is 1.70 bits per heavy atom. The number of guanidine groups is 2. The van der Waals surface area contributed by atoms with Gasteiger partial charge in [-0.1, -0.05) is 18.6 Å². The Labute approximate surface area is 188 Å². The number of aliphatic imine (C=N–C) groups is 2. The van der Waals surface area contributed by atoms with Crippen molar-refractivity contribution in [3.05, 3.63) is 54.1 Å². The van der Waals surface area contributed by atoms with Gasteiger partial charge in [-0.2, -0.15) is 4.99 Å². The summed E-state index contributed by atoms with van der Waals surface area (Å²) >= 11 is 0. The zero-order valence-corrected chi connectivity index (χ0v) is 17.6. The van der Waals surface area contributed by atoms with E-state index >= 15 is 0 Å². The van der Waals surface area contributed by atoms with Gasteiger partial charge in [0.1, 0.15) is 11.4 Å². The van der Waals surface area contributed by atoms with Crippen molar-refractivity contribution in [2.24, 2.45) is 21.5 Å². The molecule has 1 aliphatic carbocycles. The second kappa shape index (κ2) is 8.64. The Bertz CT molecular complexity index is 1090. The summed E-state index contributed by atoms with van der Waals surface area (Å²) in [5.74, 6) is -0.587.